The number of carbonyl (C=O) groups excluding carboxylic acids is 1. The number of nitrogens with zero attached hydrogens (tertiary/aromatic N) is 2. The maximum Gasteiger partial charge on any atom is 0.237 e. The fourth-order valence-corrected chi connectivity index (χ4v) is 2.85. The van der Waals surface area contributed by atoms with Crippen LogP contribution in [-0.2, 0) is 4.79 Å². The van der Waals surface area contributed by atoms with Gasteiger partial charge in [0.05, 0.1) is 17.6 Å². The van der Waals surface area contributed by atoms with Crippen molar-refractivity contribution >= 4 is 29.0 Å². The maximum absolute atomic E-state index is 12.5. The van der Waals surface area contributed by atoms with Crippen LogP contribution >= 0.6 is 11.8 Å². The first-order chi connectivity index (χ1) is 10.1. The van der Waals surface area contributed by atoms with E-state index in [1.807, 2.05) is 55.1 Å². The van der Waals surface area contributed by atoms with Crippen molar-refractivity contribution < 1.29 is 4.79 Å². The summed E-state index contributed by atoms with van der Waals surface area (Å²) >= 11 is 1.44. The Hall–Kier alpha value is -2.01. The van der Waals surface area contributed by atoms with Crippen LogP contribution in [0.5, 0.6) is 0 Å². The third-order valence-corrected chi connectivity index (χ3v) is 4.05. The number of nitrogens with two attached hydrogens (primary N) is 1. The van der Waals surface area contributed by atoms with Crippen molar-refractivity contribution in [3.8, 4) is 0 Å². The molecule has 0 spiro atoms. The van der Waals surface area contributed by atoms with Gasteiger partial charge in [-0.1, -0.05) is 18.2 Å². The van der Waals surface area contributed by atoms with Crippen molar-refractivity contribution in [2.75, 3.05) is 16.4 Å². The molecular formula is C16H19N3OS. The van der Waals surface area contributed by atoms with Crippen LogP contribution in [0, 0.1) is 0 Å². The van der Waals surface area contributed by atoms with Crippen LogP contribution in [0.2, 0.25) is 0 Å². The van der Waals surface area contributed by atoms with Gasteiger partial charge in [0.15, 0.2) is 0 Å². The van der Waals surface area contributed by atoms with Gasteiger partial charge in [0.2, 0.25) is 5.91 Å². The average Bonchev–Trinajstić information content (AvgIpc) is 2.47. The van der Waals surface area contributed by atoms with E-state index in [-0.39, 0.29) is 11.9 Å². The summed E-state index contributed by atoms with van der Waals surface area (Å²) in [6.45, 7) is 4.02. The van der Waals surface area contributed by atoms with E-state index in [0.717, 1.165) is 10.6 Å². The number of carbonyl (C=O) groups is 1. The van der Waals surface area contributed by atoms with E-state index in [1.54, 1.807) is 12.4 Å². The van der Waals surface area contributed by atoms with Gasteiger partial charge in [-0.25, -0.2) is 0 Å². The van der Waals surface area contributed by atoms with Gasteiger partial charge in [0.25, 0.3) is 0 Å². The summed E-state index contributed by atoms with van der Waals surface area (Å²) in [5.41, 5.74) is 7.37. The summed E-state index contributed by atoms with van der Waals surface area (Å²) in [4.78, 5) is 19.2. The second-order valence-corrected chi connectivity index (χ2v) is 5.91. The maximum atomic E-state index is 12.5. The van der Waals surface area contributed by atoms with E-state index in [2.05, 4.69) is 4.98 Å². The van der Waals surface area contributed by atoms with Crippen LogP contribution in [0.1, 0.15) is 13.8 Å². The number of amides is 1. The highest BCUT2D eigenvalue weighted by molar-refractivity contribution is 8.00. The Labute approximate surface area is 129 Å². The molecule has 0 fully saturated rings. The molecule has 0 aliphatic rings. The van der Waals surface area contributed by atoms with Gasteiger partial charge in [0.1, 0.15) is 0 Å². The smallest absolute Gasteiger partial charge is 0.237 e. The molecule has 0 saturated heterocycles. The fraction of sp³-hybridized carbons (Fsp3) is 0.250. The lowest BCUT2D eigenvalue weighted by Crippen LogP contribution is -2.38. The SMILES string of the molecule is CC(C)N(C(=O)CSc1ccncc1N)c1ccccc1. The highest BCUT2D eigenvalue weighted by Gasteiger charge is 2.19. The van der Waals surface area contributed by atoms with Crippen molar-refractivity contribution in [2.45, 2.75) is 24.8 Å². The minimum atomic E-state index is 0.0670. The molecular weight excluding hydrogens is 282 g/mol. The zero-order valence-electron chi connectivity index (χ0n) is 12.2. The lowest BCUT2D eigenvalue weighted by Gasteiger charge is -2.26. The average molecular weight is 301 g/mol. The number of nitrogen functional groups attached to an aromatic ring is 1. The molecule has 0 saturated carbocycles. The molecule has 4 nitrogen and oxygen atoms in total. The van der Waals surface area contributed by atoms with E-state index in [1.165, 1.54) is 11.8 Å². The standard InChI is InChI=1S/C16H19N3OS/c1-12(2)19(13-6-4-3-5-7-13)16(20)11-21-15-8-9-18-10-14(15)17/h3-10,12H,11,17H2,1-2H3. The number of aromatic nitrogens is 1. The molecule has 0 radical (unpaired) electrons. The Morgan fingerprint density at radius 1 is 1.29 bits per heavy atom. The van der Waals surface area contributed by atoms with Crippen LogP contribution in [0.15, 0.2) is 53.7 Å². The molecule has 2 N–H and O–H groups in total. The molecule has 1 aromatic heterocycles. The zero-order valence-corrected chi connectivity index (χ0v) is 13.0. The van der Waals surface area contributed by atoms with Crippen LogP contribution in [0.3, 0.4) is 0 Å². The minimum absolute atomic E-state index is 0.0670. The van der Waals surface area contributed by atoms with E-state index in [0.29, 0.717) is 11.4 Å². The first-order valence-electron chi connectivity index (χ1n) is 6.79. The Balaban J connectivity index is 2.08. The lowest BCUT2D eigenvalue weighted by atomic mass is 10.2. The normalized spacial score (nSPS) is 10.6. The van der Waals surface area contributed by atoms with Crippen molar-refractivity contribution in [3.05, 3.63) is 48.8 Å². The van der Waals surface area contributed by atoms with Crippen LogP contribution < -0.4 is 10.6 Å². The molecule has 0 atom stereocenters. The number of anilines is 2. The summed E-state index contributed by atoms with van der Waals surface area (Å²) < 4.78 is 0. The Kier molecular flexibility index (Phi) is 5.22. The third-order valence-electron chi connectivity index (χ3n) is 2.98. The van der Waals surface area contributed by atoms with Crippen molar-refractivity contribution in [2.24, 2.45) is 0 Å². The quantitative estimate of drug-likeness (QED) is 0.862. The molecule has 0 aliphatic heterocycles. The molecule has 5 heteroatoms. The Bertz CT molecular complexity index is 601. The molecule has 21 heavy (non-hydrogen) atoms. The largest absolute Gasteiger partial charge is 0.397 e. The van der Waals surface area contributed by atoms with E-state index in [9.17, 15) is 4.79 Å². The summed E-state index contributed by atoms with van der Waals surface area (Å²) in [5, 5.41) is 0. The molecule has 2 rings (SSSR count). The van der Waals surface area contributed by atoms with Crippen LogP contribution in [0.4, 0.5) is 11.4 Å². The second kappa shape index (κ2) is 7.13. The number of benzene rings is 1. The molecule has 110 valence electrons. The van der Waals surface area contributed by atoms with E-state index in [4.69, 9.17) is 5.73 Å². The molecule has 0 aliphatic carbocycles. The van der Waals surface area contributed by atoms with E-state index >= 15 is 0 Å². The first-order valence-corrected chi connectivity index (χ1v) is 7.77. The Morgan fingerprint density at radius 3 is 2.62 bits per heavy atom. The number of pyridine rings is 1. The predicted molar refractivity (Wildman–Crippen MR) is 88.4 cm³/mol. The lowest BCUT2D eigenvalue weighted by molar-refractivity contribution is -0.116. The van der Waals surface area contributed by atoms with Crippen LogP contribution in [0.25, 0.3) is 0 Å². The highest BCUT2D eigenvalue weighted by Crippen LogP contribution is 2.25. The van der Waals surface area contributed by atoms with Gasteiger partial charge in [-0.2, -0.15) is 0 Å². The summed E-state index contributed by atoms with van der Waals surface area (Å²) in [5.74, 6) is 0.416. The van der Waals surface area contributed by atoms with Gasteiger partial charge >= 0.3 is 0 Å². The highest BCUT2D eigenvalue weighted by atomic mass is 32.2. The number of hydrogen-bond donors (Lipinski definition) is 1. The molecule has 0 unspecified atom stereocenters. The summed E-state index contributed by atoms with van der Waals surface area (Å²) in [6.07, 6.45) is 3.28. The number of para-hydroxylation sites is 1. The molecule has 2 aromatic rings. The van der Waals surface area contributed by atoms with Crippen molar-refractivity contribution in [3.63, 3.8) is 0 Å². The zero-order chi connectivity index (χ0) is 15.2. The van der Waals surface area contributed by atoms with Gasteiger partial charge in [-0.05, 0) is 32.0 Å². The molecule has 0 bridgehead atoms. The van der Waals surface area contributed by atoms with Gasteiger partial charge < -0.3 is 10.6 Å². The summed E-state index contributed by atoms with van der Waals surface area (Å²) in [7, 11) is 0. The number of thioether (sulfide) groups is 1. The molecule has 1 heterocycles. The van der Waals surface area contributed by atoms with Crippen molar-refractivity contribution in [1.82, 2.24) is 4.98 Å². The number of rotatable bonds is 5. The monoisotopic (exact) mass is 301 g/mol. The van der Waals surface area contributed by atoms with Crippen molar-refractivity contribution in [1.29, 1.82) is 0 Å². The molecule has 1 aromatic carbocycles. The topological polar surface area (TPSA) is 59.2 Å². The molecule has 1 amide bonds. The van der Waals surface area contributed by atoms with E-state index < -0.39 is 0 Å². The van der Waals surface area contributed by atoms with Gasteiger partial charge in [0, 0.05) is 22.8 Å². The van der Waals surface area contributed by atoms with Gasteiger partial charge in [-0.15, -0.1) is 11.8 Å². The third kappa shape index (κ3) is 3.98. The first kappa shape index (κ1) is 15.4. The second-order valence-electron chi connectivity index (χ2n) is 4.90. The number of hydrogen-bond acceptors (Lipinski definition) is 4. The van der Waals surface area contributed by atoms with Crippen LogP contribution in [-0.4, -0.2) is 22.7 Å². The minimum Gasteiger partial charge on any atom is -0.397 e. The summed E-state index contributed by atoms with van der Waals surface area (Å²) in [6, 6.07) is 11.6. The Morgan fingerprint density at radius 2 is 2.00 bits per heavy atom. The van der Waals surface area contributed by atoms with Gasteiger partial charge in [-0.3, -0.25) is 9.78 Å². The predicted octanol–water partition coefficient (Wildman–Crippen LogP) is 3.20. The fourth-order valence-electron chi connectivity index (χ4n) is 2.05.